The molecule has 1 amide bonds. The Morgan fingerprint density at radius 2 is 2.14 bits per heavy atom. The van der Waals surface area contributed by atoms with Gasteiger partial charge in [-0.3, -0.25) is 10.1 Å². The summed E-state index contributed by atoms with van der Waals surface area (Å²) >= 11 is 1.49. The number of nitrogens with zero attached hydrogens (tertiary/aromatic N) is 3. The van der Waals surface area contributed by atoms with Gasteiger partial charge in [-0.1, -0.05) is 6.07 Å². The van der Waals surface area contributed by atoms with E-state index in [0.717, 1.165) is 34.8 Å². The molecule has 1 fully saturated rings. The third-order valence-electron chi connectivity index (χ3n) is 3.98. The largest absolute Gasteiger partial charge is 0.303 e. The number of carbonyl (C=O) groups is 1. The van der Waals surface area contributed by atoms with E-state index in [2.05, 4.69) is 15.3 Å². The van der Waals surface area contributed by atoms with Crippen molar-refractivity contribution in [3.63, 3.8) is 0 Å². The number of thiazole rings is 1. The van der Waals surface area contributed by atoms with Crippen LogP contribution >= 0.6 is 11.3 Å². The molecule has 5 nitrogen and oxygen atoms in total. The number of carbonyl (C=O) groups excluding carboxylic acids is 1. The summed E-state index contributed by atoms with van der Waals surface area (Å²) in [4.78, 5) is 22.7. The van der Waals surface area contributed by atoms with Crippen molar-refractivity contribution >= 4 is 27.9 Å². The number of fused-ring (bicyclic) bond motifs is 1. The van der Waals surface area contributed by atoms with Gasteiger partial charge in [0.1, 0.15) is 5.82 Å². The second kappa shape index (κ2) is 4.91. The number of aromatic nitrogens is 3. The Labute approximate surface area is 132 Å². The van der Waals surface area contributed by atoms with Crippen LogP contribution < -0.4 is 5.32 Å². The van der Waals surface area contributed by atoms with E-state index in [9.17, 15) is 4.79 Å². The number of amides is 1. The summed E-state index contributed by atoms with van der Waals surface area (Å²) in [6.07, 6.45) is 4.28. The van der Waals surface area contributed by atoms with Crippen molar-refractivity contribution in [2.45, 2.75) is 32.6 Å². The lowest BCUT2D eigenvalue weighted by Gasteiger charge is -1.99. The van der Waals surface area contributed by atoms with Crippen LogP contribution in [0.5, 0.6) is 0 Å². The Morgan fingerprint density at radius 3 is 2.82 bits per heavy atom. The van der Waals surface area contributed by atoms with Crippen LogP contribution in [0.25, 0.3) is 5.52 Å². The summed E-state index contributed by atoms with van der Waals surface area (Å²) in [5.41, 5.74) is 2.29. The molecule has 4 rings (SSSR count). The highest BCUT2D eigenvalue weighted by Crippen LogP contribution is 2.40. The second-order valence-corrected chi connectivity index (χ2v) is 6.87. The number of pyridine rings is 1. The first-order chi connectivity index (χ1) is 10.6. The first-order valence-electron chi connectivity index (χ1n) is 7.36. The van der Waals surface area contributed by atoms with Gasteiger partial charge in [0.15, 0.2) is 10.8 Å². The highest BCUT2D eigenvalue weighted by molar-refractivity contribution is 7.15. The lowest BCUT2D eigenvalue weighted by Crippen LogP contribution is -2.12. The molecule has 1 saturated carbocycles. The highest BCUT2D eigenvalue weighted by Gasteiger charge is 2.30. The smallest absolute Gasteiger partial charge is 0.278 e. The standard InChI is InChI=1S/C16H16N4OS/c1-9-10(2)22-16(17-9)19-15(21)13-12-5-3-4-8-20(12)14(18-13)11-6-7-11/h3-5,8,11H,6-7H2,1-2H3,(H,17,19,21). The van der Waals surface area contributed by atoms with E-state index in [4.69, 9.17) is 0 Å². The zero-order valence-electron chi connectivity index (χ0n) is 12.5. The molecular weight excluding hydrogens is 296 g/mol. The molecule has 1 aliphatic rings. The van der Waals surface area contributed by atoms with Gasteiger partial charge in [0.25, 0.3) is 5.91 Å². The molecule has 0 atom stereocenters. The molecule has 0 bridgehead atoms. The topological polar surface area (TPSA) is 59.3 Å². The van der Waals surface area contributed by atoms with E-state index in [1.807, 2.05) is 42.6 Å². The molecule has 112 valence electrons. The molecule has 0 aliphatic heterocycles. The fourth-order valence-corrected chi connectivity index (χ4v) is 3.35. The normalized spacial score (nSPS) is 14.5. The van der Waals surface area contributed by atoms with Crippen molar-refractivity contribution < 1.29 is 4.79 Å². The highest BCUT2D eigenvalue weighted by atomic mass is 32.1. The van der Waals surface area contributed by atoms with Crippen molar-refractivity contribution in [3.8, 4) is 0 Å². The summed E-state index contributed by atoms with van der Waals surface area (Å²) in [5.74, 6) is 1.29. The zero-order chi connectivity index (χ0) is 15.3. The minimum atomic E-state index is -0.190. The summed E-state index contributed by atoms with van der Waals surface area (Å²) in [7, 11) is 0. The van der Waals surface area contributed by atoms with Gasteiger partial charge in [-0.05, 0) is 38.8 Å². The third-order valence-corrected chi connectivity index (χ3v) is 4.97. The molecule has 0 unspecified atom stereocenters. The molecule has 1 aliphatic carbocycles. The molecule has 3 aromatic heterocycles. The van der Waals surface area contributed by atoms with Gasteiger partial charge in [-0.15, -0.1) is 11.3 Å². The van der Waals surface area contributed by atoms with Crippen molar-refractivity contribution in [2.24, 2.45) is 0 Å². The number of hydrogen-bond acceptors (Lipinski definition) is 4. The molecule has 0 radical (unpaired) electrons. The van der Waals surface area contributed by atoms with Gasteiger partial charge >= 0.3 is 0 Å². The Morgan fingerprint density at radius 1 is 1.32 bits per heavy atom. The fraction of sp³-hybridized carbons (Fsp3) is 0.312. The van der Waals surface area contributed by atoms with E-state index in [0.29, 0.717) is 16.7 Å². The first kappa shape index (κ1) is 13.5. The first-order valence-corrected chi connectivity index (χ1v) is 8.17. The van der Waals surface area contributed by atoms with Crippen LogP contribution in [0.15, 0.2) is 24.4 Å². The van der Waals surface area contributed by atoms with Gasteiger partial charge in [-0.2, -0.15) is 0 Å². The molecule has 3 aromatic rings. The van der Waals surface area contributed by atoms with E-state index < -0.39 is 0 Å². The van der Waals surface area contributed by atoms with Crippen LogP contribution in [-0.2, 0) is 0 Å². The molecule has 3 heterocycles. The van der Waals surface area contributed by atoms with Crippen molar-refractivity contribution in [3.05, 3.63) is 46.5 Å². The van der Waals surface area contributed by atoms with Crippen LogP contribution in [0.3, 0.4) is 0 Å². The van der Waals surface area contributed by atoms with Gasteiger partial charge in [0.2, 0.25) is 0 Å². The van der Waals surface area contributed by atoms with Crippen LogP contribution in [0.4, 0.5) is 5.13 Å². The number of aryl methyl sites for hydroxylation is 2. The second-order valence-electron chi connectivity index (χ2n) is 5.66. The number of rotatable bonds is 3. The van der Waals surface area contributed by atoms with Gasteiger partial charge in [0.05, 0.1) is 11.2 Å². The maximum absolute atomic E-state index is 12.6. The van der Waals surface area contributed by atoms with E-state index in [-0.39, 0.29) is 5.91 Å². The summed E-state index contributed by atoms with van der Waals surface area (Å²) in [6, 6.07) is 5.84. The Balaban J connectivity index is 1.72. The quantitative estimate of drug-likeness (QED) is 0.804. The van der Waals surface area contributed by atoms with Gasteiger partial charge in [0, 0.05) is 17.0 Å². The van der Waals surface area contributed by atoms with Crippen molar-refractivity contribution in [1.29, 1.82) is 0 Å². The summed E-state index contributed by atoms with van der Waals surface area (Å²) < 4.78 is 2.03. The van der Waals surface area contributed by atoms with Crippen molar-refractivity contribution in [2.75, 3.05) is 5.32 Å². The maximum Gasteiger partial charge on any atom is 0.278 e. The average Bonchev–Trinajstić information content (AvgIpc) is 3.19. The zero-order valence-corrected chi connectivity index (χ0v) is 13.3. The average molecular weight is 312 g/mol. The number of imidazole rings is 1. The molecular formula is C16H16N4OS. The fourth-order valence-electron chi connectivity index (χ4n) is 2.54. The monoisotopic (exact) mass is 312 g/mol. The SMILES string of the molecule is Cc1nc(NC(=O)c2nc(C3CC3)n3ccccc23)sc1C. The molecule has 6 heteroatoms. The Kier molecular flexibility index (Phi) is 3.00. The molecule has 1 N–H and O–H groups in total. The minimum absolute atomic E-state index is 0.190. The van der Waals surface area contributed by atoms with Crippen LogP contribution in [0.2, 0.25) is 0 Å². The third kappa shape index (κ3) is 2.20. The lowest BCUT2D eigenvalue weighted by atomic mass is 10.3. The predicted octanol–water partition coefficient (Wildman–Crippen LogP) is 3.54. The lowest BCUT2D eigenvalue weighted by molar-refractivity contribution is 0.102. The van der Waals surface area contributed by atoms with Crippen molar-refractivity contribution in [1.82, 2.24) is 14.4 Å². The summed E-state index contributed by atoms with van der Waals surface area (Å²) in [6.45, 7) is 3.94. The summed E-state index contributed by atoms with van der Waals surface area (Å²) in [5, 5.41) is 3.51. The minimum Gasteiger partial charge on any atom is -0.303 e. The van der Waals surface area contributed by atoms with E-state index in [1.54, 1.807) is 0 Å². The number of nitrogens with one attached hydrogen (secondary N) is 1. The van der Waals surface area contributed by atoms with E-state index in [1.165, 1.54) is 11.3 Å². The number of hydrogen-bond donors (Lipinski definition) is 1. The molecule has 0 spiro atoms. The maximum atomic E-state index is 12.6. The Bertz CT molecular complexity index is 856. The van der Waals surface area contributed by atoms with Crippen LogP contribution in [-0.4, -0.2) is 20.3 Å². The van der Waals surface area contributed by atoms with Gasteiger partial charge in [-0.25, -0.2) is 9.97 Å². The Hall–Kier alpha value is -2.21. The molecule has 0 aromatic carbocycles. The molecule has 0 saturated heterocycles. The predicted molar refractivity (Wildman–Crippen MR) is 86.7 cm³/mol. The van der Waals surface area contributed by atoms with Gasteiger partial charge < -0.3 is 4.40 Å². The van der Waals surface area contributed by atoms with Crippen LogP contribution in [0.1, 0.15) is 45.6 Å². The number of anilines is 1. The molecule has 22 heavy (non-hydrogen) atoms. The van der Waals surface area contributed by atoms with E-state index >= 15 is 0 Å². The van der Waals surface area contributed by atoms with Crippen LogP contribution in [0, 0.1) is 13.8 Å².